The molecule has 0 fully saturated rings. The van der Waals surface area contributed by atoms with Crippen LogP contribution in [0.15, 0.2) is 12.1 Å². The van der Waals surface area contributed by atoms with E-state index in [4.69, 9.17) is 9.47 Å². The quantitative estimate of drug-likeness (QED) is 0.680. The SMILES string of the molecule is COCCN(CCOC)Cc1ccc(CNC(C)C)s1. The number of hydrogen-bond donors (Lipinski definition) is 1. The van der Waals surface area contributed by atoms with Gasteiger partial charge in [0.25, 0.3) is 0 Å². The summed E-state index contributed by atoms with van der Waals surface area (Å²) in [6, 6.07) is 4.98. The van der Waals surface area contributed by atoms with Crippen LogP contribution in [0.5, 0.6) is 0 Å². The third-order valence-electron chi connectivity index (χ3n) is 3.00. The molecule has 0 unspecified atom stereocenters. The first kappa shape index (κ1) is 17.6. The molecule has 0 aliphatic rings. The fraction of sp³-hybridized carbons (Fsp3) is 0.733. The van der Waals surface area contributed by atoms with Gasteiger partial charge in [0.15, 0.2) is 0 Å². The molecule has 0 aliphatic heterocycles. The lowest BCUT2D eigenvalue weighted by Gasteiger charge is -2.20. The van der Waals surface area contributed by atoms with Crippen molar-refractivity contribution in [2.45, 2.75) is 33.0 Å². The summed E-state index contributed by atoms with van der Waals surface area (Å²) in [6.07, 6.45) is 0. The first-order valence-corrected chi connectivity index (χ1v) is 7.98. The lowest BCUT2D eigenvalue weighted by molar-refractivity contribution is 0.111. The van der Waals surface area contributed by atoms with Crippen molar-refractivity contribution >= 4 is 11.3 Å². The number of thiophene rings is 1. The van der Waals surface area contributed by atoms with Crippen LogP contribution in [-0.2, 0) is 22.6 Å². The number of ether oxygens (including phenoxy) is 2. The van der Waals surface area contributed by atoms with Crippen LogP contribution >= 0.6 is 11.3 Å². The van der Waals surface area contributed by atoms with Crippen molar-refractivity contribution in [1.29, 1.82) is 0 Å². The first-order valence-electron chi connectivity index (χ1n) is 7.17. The molecule has 20 heavy (non-hydrogen) atoms. The van der Waals surface area contributed by atoms with Gasteiger partial charge in [0, 0.05) is 56.2 Å². The summed E-state index contributed by atoms with van der Waals surface area (Å²) < 4.78 is 10.3. The molecular weight excluding hydrogens is 272 g/mol. The smallest absolute Gasteiger partial charge is 0.0589 e. The molecule has 4 nitrogen and oxygen atoms in total. The van der Waals surface area contributed by atoms with Crippen LogP contribution in [0.4, 0.5) is 0 Å². The molecule has 0 aliphatic carbocycles. The van der Waals surface area contributed by atoms with Crippen LogP contribution < -0.4 is 5.32 Å². The van der Waals surface area contributed by atoms with E-state index in [1.54, 1.807) is 14.2 Å². The largest absolute Gasteiger partial charge is 0.383 e. The fourth-order valence-electron chi connectivity index (χ4n) is 1.84. The van der Waals surface area contributed by atoms with E-state index in [0.717, 1.165) is 39.4 Å². The van der Waals surface area contributed by atoms with E-state index in [1.165, 1.54) is 9.75 Å². The maximum atomic E-state index is 5.17. The van der Waals surface area contributed by atoms with Crippen LogP contribution in [0.25, 0.3) is 0 Å². The van der Waals surface area contributed by atoms with Crippen LogP contribution in [0, 0.1) is 0 Å². The lowest BCUT2D eigenvalue weighted by Crippen LogP contribution is -2.29. The Hall–Kier alpha value is -0.460. The molecular formula is C15H28N2O2S. The van der Waals surface area contributed by atoms with Crippen molar-refractivity contribution in [2.75, 3.05) is 40.5 Å². The average Bonchev–Trinajstić information content (AvgIpc) is 2.87. The number of hydrogen-bond acceptors (Lipinski definition) is 5. The molecule has 0 amide bonds. The average molecular weight is 300 g/mol. The van der Waals surface area contributed by atoms with Crippen molar-refractivity contribution in [3.63, 3.8) is 0 Å². The third kappa shape index (κ3) is 7.36. The van der Waals surface area contributed by atoms with Crippen molar-refractivity contribution in [3.8, 4) is 0 Å². The molecule has 1 aromatic rings. The monoisotopic (exact) mass is 300 g/mol. The van der Waals surface area contributed by atoms with E-state index < -0.39 is 0 Å². The molecule has 1 heterocycles. The minimum absolute atomic E-state index is 0.528. The highest BCUT2D eigenvalue weighted by molar-refractivity contribution is 7.11. The summed E-state index contributed by atoms with van der Waals surface area (Å²) in [7, 11) is 3.49. The standard InChI is InChI=1S/C15H28N2O2S/c1-13(2)16-11-14-5-6-15(20-14)12-17(7-9-18-3)8-10-19-4/h5-6,13,16H,7-12H2,1-4H3. The molecule has 1 aromatic heterocycles. The van der Waals surface area contributed by atoms with Gasteiger partial charge in [-0.25, -0.2) is 0 Å². The van der Waals surface area contributed by atoms with Crippen molar-refractivity contribution in [3.05, 3.63) is 21.9 Å². The molecule has 5 heteroatoms. The molecule has 0 saturated heterocycles. The van der Waals surface area contributed by atoms with Crippen LogP contribution in [0.1, 0.15) is 23.6 Å². The van der Waals surface area contributed by atoms with Gasteiger partial charge in [0.1, 0.15) is 0 Å². The third-order valence-corrected chi connectivity index (χ3v) is 4.07. The van der Waals surface area contributed by atoms with Gasteiger partial charge in [-0.3, -0.25) is 4.90 Å². The summed E-state index contributed by atoms with van der Waals surface area (Å²) >= 11 is 1.88. The summed E-state index contributed by atoms with van der Waals surface area (Å²) in [6.45, 7) is 9.68. The molecule has 0 spiro atoms. The maximum Gasteiger partial charge on any atom is 0.0589 e. The normalized spacial score (nSPS) is 11.7. The minimum atomic E-state index is 0.528. The van der Waals surface area contributed by atoms with E-state index in [-0.39, 0.29) is 0 Å². The Morgan fingerprint density at radius 3 is 2.25 bits per heavy atom. The zero-order chi connectivity index (χ0) is 14.8. The van der Waals surface area contributed by atoms with Gasteiger partial charge < -0.3 is 14.8 Å². The minimum Gasteiger partial charge on any atom is -0.383 e. The zero-order valence-corrected chi connectivity index (χ0v) is 14.0. The Morgan fingerprint density at radius 2 is 1.70 bits per heavy atom. The molecule has 0 atom stereocenters. The summed E-state index contributed by atoms with van der Waals surface area (Å²) in [5.74, 6) is 0. The molecule has 0 radical (unpaired) electrons. The van der Waals surface area contributed by atoms with E-state index in [0.29, 0.717) is 6.04 Å². The van der Waals surface area contributed by atoms with Crippen LogP contribution in [-0.4, -0.2) is 51.5 Å². The van der Waals surface area contributed by atoms with E-state index in [1.807, 2.05) is 11.3 Å². The zero-order valence-electron chi connectivity index (χ0n) is 13.1. The number of methoxy groups -OCH3 is 2. The molecule has 0 aromatic carbocycles. The predicted molar refractivity (Wildman–Crippen MR) is 85.3 cm³/mol. The highest BCUT2D eigenvalue weighted by atomic mass is 32.1. The second-order valence-electron chi connectivity index (χ2n) is 5.17. The molecule has 1 rings (SSSR count). The van der Waals surface area contributed by atoms with E-state index in [2.05, 4.69) is 36.2 Å². The number of rotatable bonds is 11. The van der Waals surface area contributed by atoms with Gasteiger partial charge in [-0.05, 0) is 12.1 Å². The van der Waals surface area contributed by atoms with Gasteiger partial charge in [0.05, 0.1) is 13.2 Å². The highest BCUT2D eigenvalue weighted by Crippen LogP contribution is 2.18. The maximum absolute atomic E-state index is 5.17. The van der Waals surface area contributed by atoms with Crippen LogP contribution in [0.3, 0.4) is 0 Å². The Morgan fingerprint density at radius 1 is 1.10 bits per heavy atom. The van der Waals surface area contributed by atoms with Gasteiger partial charge in [-0.2, -0.15) is 0 Å². The van der Waals surface area contributed by atoms with Crippen LogP contribution in [0.2, 0.25) is 0 Å². The molecule has 116 valence electrons. The Labute approximate surface area is 127 Å². The molecule has 1 N–H and O–H groups in total. The second-order valence-corrected chi connectivity index (χ2v) is 6.42. The van der Waals surface area contributed by atoms with Crippen molar-refractivity contribution < 1.29 is 9.47 Å². The lowest BCUT2D eigenvalue weighted by atomic mass is 10.3. The fourth-order valence-corrected chi connectivity index (χ4v) is 2.85. The van der Waals surface area contributed by atoms with Crippen molar-refractivity contribution in [1.82, 2.24) is 10.2 Å². The Balaban J connectivity index is 2.45. The number of nitrogens with zero attached hydrogens (tertiary/aromatic N) is 1. The van der Waals surface area contributed by atoms with Gasteiger partial charge >= 0.3 is 0 Å². The van der Waals surface area contributed by atoms with Gasteiger partial charge in [0.2, 0.25) is 0 Å². The summed E-state index contributed by atoms with van der Waals surface area (Å²) in [5, 5.41) is 3.45. The van der Waals surface area contributed by atoms with E-state index >= 15 is 0 Å². The predicted octanol–water partition coefficient (Wildman–Crippen LogP) is 2.34. The van der Waals surface area contributed by atoms with Gasteiger partial charge in [-0.15, -0.1) is 11.3 Å². The van der Waals surface area contributed by atoms with Crippen molar-refractivity contribution in [2.24, 2.45) is 0 Å². The summed E-state index contributed by atoms with van der Waals surface area (Å²) in [5.41, 5.74) is 0. The second kappa shape index (κ2) is 10.3. The van der Waals surface area contributed by atoms with E-state index in [9.17, 15) is 0 Å². The summed E-state index contributed by atoms with van der Waals surface area (Å²) in [4.78, 5) is 5.17. The molecule has 0 bridgehead atoms. The Kier molecular flexibility index (Phi) is 9.05. The Bertz CT molecular complexity index is 347. The first-order chi connectivity index (χ1) is 9.65. The molecule has 0 saturated carbocycles. The topological polar surface area (TPSA) is 33.7 Å². The highest BCUT2D eigenvalue weighted by Gasteiger charge is 2.08. The van der Waals surface area contributed by atoms with Gasteiger partial charge in [-0.1, -0.05) is 13.8 Å². The number of nitrogens with one attached hydrogen (secondary N) is 1.